The molecule has 1 saturated heterocycles. The molecule has 0 aromatic heterocycles. The summed E-state index contributed by atoms with van der Waals surface area (Å²) in [7, 11) is 2.11. The fourth-order valence-corrected chi connectivity index (χ4v) is 2.79. The van der Waals surface area contributed by atoms with Crippen molar-refractivity contribution in [2.45, 2.75) is 25.4 Å². The van der Waals surface area contributed by atoms with E-state index in [-0.39, 0.29) is 12.5 Å². The molecule has 0 saturated carbocycles. The quantitative estimate of drug-likeness (QED) is 0.862. The normalized spacial score (nSPS) is 19.1. The summed E-state index contributed by atoms with van der Waals surface area (Å²) < 4.78 is 0. The van der Waals surface area contributed by atoms with Gasteiger partial charge in [0.25, 0.3) is 0 Å². The van der Waals surface area contributed by atoms with E-state index in [1.165, 1.54) is 5.56 Å². The molecule has 19 heavy (non-hydrogen) atoms. The lowest BCUT2D eigenvalue weighted by atomic mass is 10.1. The predicted molar refractivity (Wildman–Crippen MR) is 76.6 cm³/mol. The minimum Gasteiger partial charge on any atom is -0.337 e. The van der Waals surface area contributed by atoms with E-state index in [0.717, 1.165) is 32.5 Å². The van der Waals surface area contributed by atoms with Crippen LogP contribution in [0.4, 0.5) is 0 Å². The molecule has 0 bridgehead atoms. The second-order valence-electron chi connectivity index (χ2n) is 5.27. The van der Waals surface area contributed by atoms with Crippen molar-refractivity contribution in [2.75, 3.05) is 26.7 Å². The lowest BCUT2D eigenvalue weighted by molar-refractivity contribution is -0.130. The Labute approximate surface area is 115 Å². The molecule has 1 aliphatic rings. The SMILES string of the molecule is CN(Cc1ccccc1)C[C@H]1CCCN1C(=O)CN. The first-order valence-corrected chi connectivity index (χ1v) is 6.92. The summed E-state index contributed by atoms with van der Waals surface area (Å²) in [5.74, 6) is 0.0793. The van der Waals surface area contributed by atoms with Crippen LogP contribution in [0.25, 0.3) is 0 Å². The molecule has 4 heteroatoms. The van der Waals surface area contributed by atoms with Crippen molar-refractivity contribution in [2.24, 2.45) is 5.73 Å². The summed E-state index contributed by atoms with van der Waals surface area (Å²) in [5.41, 5.74) is 6.77. The van der Waals surface area contributed by atoms with Gasteiger partial charge in [0.15, 0.2) is 0 Å². The van der Waals surface area contributed by atoms with Crippen LogP contribution in [0.2, 0.25) is 0 Å². The number of hydrogen-bond donors (Lipinski definition) is 1. The van der Waals surface area contributed by atoms with Crippen molar-refractivity contribution < 1.29 is 4.79 Å². The van der Waals surface area contributed by atoms with Crippen molar-refractivity contribution in [1.82, 2.24) is 9.80 Å². The molecular formula is C15H23N3O. The van der Waals surface area contributed by atoms with Crippen molar-refractivity contribution in [3.8, 4) is 0 Å². The minimum atomic E-state index is 0.0793. The molecule has 2 rings (SSSR count). The Morgan fingerprint density at radius 3 is 2.84 bits per heavy atom. The monoisotopic (exact) mass is 261 g/mol. The van der Waals surface area contributed by atoms with E-state index in [0.29, 0.717) is 6.04 Å². The number of rotatable bonds is 5. The Balaban J connectivity index is 1.88. The number of amides is 1. The number of benzene rings is 1. The molecule has 1 fully saturated rings. The van der Waals surface area contributed by atoms with E-state index in [2.05, 4.69) is 36.2 Å². The maximum absolute atomic E-state index is 11.7. The van der Waals surface area contributed by atoms with Crippen LogP contribution >= 0.6 is 0 Å². The van der Waals surface area contributed by atoms with E-state index in [1.807, 2.05) is 11.0 Å². The number of likely N-dealkylation sites (tertiary alicyclic amines) is 1. The Morgan fingerprint density at radius 1 is 1.42 bits per heavy atom. The van der Waals surface area contributed by atoms with Crippen LogP contribution in [0, 0.1) is 0 Å². The average Bonchev–Trinajstić information content (AvgIpc) is 2.87. The fraction of sp³-hybridized carbons (Fsp3) is 0.533. The number of nitrogens with two attached hydrogens (primary N) is 1. The summed E-state index contributed by atoms with van der Waals surface area (Å²) >= 11 is 0. The Kier molecular flexibility index (Phi) is 4.93. The number of likely N-dealkylation sites (N-methyl/N-ethyl adjacent to an activating group) is 1. The van der Waals surface area contributed by atoms with Crippen molar-refractivity contribution in [3.63, 3.8) is 0 Å². The average molecular weight is 261 g/mol. The second kappa shape index (κ2) is 6.68. The van der Waals surface area contributed by atoms with Gasteiger partial charge in [0, 0.05) is 25.7 Å². The second-order valence-corrected chi connectivity index (χ2v) is 5.27. The zero-order valence-electron chi connectivity index (χ0n) is 11.6. The zero-order valence-corrected chi connectivity index (χ0v) is 11.6. The van der Waals surface area contributed by atoms with Gasteiger partial charge in [0.2, 0.25) is 5.91 Å². The molecule has 4 nitrogen and oxygen atoms in total. The molecule has 0 radical (unpaired) electrons. The van der Waals surface area contributed by atoms with Crippen LogP contribution in [0.15, 0.2) is 30.3 Å². The highest BCUT2D eigenvalue weighted by Crippen LogP contribution is 2.18. The Morgan fingerprint density at radius 2 is 2.16 bits per heavy atom. The highest BCUT2D eigenvalue weighted by Gasteiger charge is 2.28. The molecule has 2 N–H and O–H groups in total. The fourth-order valence-electron chi connectivity index (χ4n) is 2.79. The maximum Gasteiger partial charge on any atom is 0.236 e. The van der Waals surface area contributed by atoms with Gasteiger partial charge in [-0.05, 0) is 25.5 Å². The van der Waals surface area contributed by atoms with Gasteiger partial charge in [-0.15, -0.1) is 0 Å². The predicted octanol–water partition coefficient (Wildman–Crippen LogP) is 1.07. The number of carbonyl (C=O) groups is 1. The van der Waals surface area contributed by atoms with E-state index in [1.54, 1.807) is 0 Å². The molecule has 0 spiro atoms. The maximum atomic E-state index is 11.7. The zero-order chi connectivity index (χ0) is 13.7. The lowest BCUT2D eigenvalue weighted by Crippen LogP contribution is -2.44. The first kappa shape index (κ1) is 14.0. The van der Waals surface area contributed by atoms with Crippen LogP contribution in [0.5, 0.6) is 0 Å². The van der Waals surface area contributed by atoms with Crippen molar-refractivity contribution in [1.29, 1.82) is 0 Å². The van der Waals surface area contributed by atoms with Gasteiger partial charge < -0.3 is 15.5 Å². The molecule has 0 unspecified atom stereocenters. The van der Waals surface area contributed by atoms with Gasteiger partial charge in [-0.2, -0.15) is 0 Å². The highest BCUT2D eigenvalue weighted by atomic mass is 16.2. The minimum absolute atomic E-state index is 0.0793. The van der Waals surface area contributed by atoms with Crippen molar-refractivity contribution >= 4 is 5.91 Å². The van der Waals surface area contributed by atoms with Crippen LogP contribution in [-0.2, 0) is 11.3 Å². The van der Waals surface area contributed by atoms with Gasteiger partial charge in [-0.1, -0.05) is 30.3 Å². The molecule has 1 aromatic carbocycles. The Bertz CT molecular complexity index is 407. The summed E-state index contributed by atoms with van der Waals surface area (Å²) in [6.45, 7) is 2.82. The van der Waals surface area contributed by atoms with E-state index in [9.17, 15) is 4.79 Å². The van der Waals surface area contributed by atoms with E-state index in [4.69, 9.17) is 5.73 Å². The third-order valence-electron chi connectivity index (χ3n) is 3.69. The molecular weight excluding hydrogens is 238 g/mol. The molecule has 1 aliphatic heterocycles. The lowest BCUT2D eigenvalue weighted by Gasteiger charge is -2.28. The van der Waals surface area contributed by atoms with Gasteiger partial charge in [-0.3, -0.25) is 4.79 Å². The third-order valence-corrected chi connectivity index (χ3v) is 3.69. The van der Waals surface area contributed by atoms with Crippen LogP contribution in [-0.4, -0.2) is 48.4 Å². The summed E-state index contributed by atoms with van der Waals surface area (Å²) in [6.07, 6.45) is 2.18. The smallest absolute Gasteiger partial charge is 0.236 e. The summed E-state index contributed by atoms with van der Waals surface area (Å²) in [6, 6.07) is 10.7. The third kappa shape index (κ3) is 3.78. The van der Waals surface area contributed by atoms with Crippen LogP contribution in [0.3, 0.4) is 0 Å². The van der Waals surface area contributed by atoms with Crippen LogP contribution < -0.4 is 5.73 Å². The largest absolute Gasteiger partial charge is 0.337 e. The van der Waals surface area contributed by atoms with Gasteiger partial charge in [0.05, 0.1) is 6.54 Å². The molecule has 1 aromatic rings. The van der Waals surface area contributed by atoms with Gasteiger partial charge in [-0.25, -0.2) is 0 Å². The summed E-state index contributed by atoms with van der Waals surface area (Å²) in [5, 5.41) is 0. The van der Waals surface area contributed by atoms with Gasteiger partial charge in [0.1, 0.15) is 0 Å². The van der Waals surface area contributed by atoms with Gasteiger partial charge >= 0.3 is 0 Å². The summed E-state index contributed by atoms with van der Waals surface area (Å²) in [4.78, 5) is 16.0. The first-order valence-electron chi connectivity index (χ1n) is 6.92. The highest BCUT2D eigenvalue weighted by molar-refractivity contribution is 5.78. The Hall–Kier alpha value is -1.39. The number of nitrogens with zero attached hydrogens (tertiary/aromatic N) is 2. The topological polar surface area (TPSA) is 49.6 Å². The first-order chi connectivity index (χ1) is 9.20. The van der Waals surface area contributed by atoms with E-state index < -0.39 is 0 Å². The molecule has 0 aliphatic carbocycles. The van der Waals surface area contributed by atoms with Crippen molar-refractivity contribution in [3.05, 3.63) is 35.9 Å². The standard InChI is InChI=1S/C15H23N3O/c1-17(11-13-6-3-2-4-7-13)12-14-8-5-9-18(14)15(19)10-16/h2-4,6-7,14H,5,8-12,16H2,1H3/t14-/m1/s1. The number of hydrogen-bond acceptors (Lipinski definition) is 3. The molecule has 1 amide bonds. The molecule has 1 atom stereocenters. The molecule has 104 valence electrons. The van der Waals surface area contributed by atoms with Crippen LogP contribution in [0.1, 0.15) is 18.4 Å². The number of carbonyl (C=O) groups excluding carboxylic acids is 1. The molecule has 1 heterocycles. The van der Waals surface area contributed by atoms with E-state index >= 15 is 0 Å².